The molecule has 0 spiro atoms. The summed E-state index contributed by atoms with van der Waals surface area (Å²) >= 11 is 0. The van der Waals surface area contributed by atoms with E-state index in [1.807, 2.05) is 18.2 Å². The zero-order chi connectivity index (χ0) is 18.6. The fraction of sp³-hybridized carbons (Fsp3) is 0.650. The Morgan fingerprint density at radius 1 is 1.12 bits per heavy atom. The Bertz CT molecular complexity index is 541. The van der Waals surface area contributed by atoms with Gasteiger partial charge in [0.15, 0.2) is 5.96 Å². The second-order valence-electron chi connectivity index (χ2n) is 6.79. The summed E-state index contributed by atoms with van der Waals surface area (Å²) in [5.74, 6) is 1.76. The van der Waals surface area contributed by atoms with Crippen LogP contribution in [0.25, 0.3) is 0 Å². The molecule has 146 valence electrons. The predicted molar refractivity (Wildman–Crippen MR) is 109 cm³/mol. The lowest BCUT2D eigenvalue weighted by Crippen LogP contribution is -2.44. The van der Waals surface area contributed by atoms with Crippen LogP contribution >= 0.6 is 0 Å². The van der Waals surface area contributed by atoms with E-state index in [9.17, 15) is 0 Å². The zero-order valence-electron chi connectivity index (χ0n) is 16.6. The van der Waals surface area contributed by atoms with Crippen molar-refractivity contribution in [3.05, 3.63) is 29.8 Å². The van der Waals surface area contributed by atoms with Crippen molar-refractivity contribution in [2.75, 3.05) is 60.0 Å². The van der Waals surface area contributed by atoms with E-state index in [4.69, 9.17) is 4.74 Å². The van der Waals surface area contributed by atoms with Gasteiger partial charge in [-0.2, -0.15) is 0 Å². The average molecular weight is 362 g/mol. The van der Waals surface area contributed by atoms with Crippen LogP contribution in [-0.2, 0) is 6.54 Å². The normalized spacial score (nSPS) is 16.5. The summed E-state index contributed by atoms with van der Waals surface area (Å²) in [4.78, 5) is 9.66. The van der Waals surface area contributed by atoms with Gasteiger partial charge in [0.2, 0.25) is 0 Å². The maximum Gasteiger partial charge on any atom is 0.191 e. The molecule has 0 unspecified atom stereocenters. The van der Waals surface area contributed by atoms with Gasteiger partial charge < -0.3 is 25.2 Å². The number of unbranched alkanes of at least 4 members (excludes halogenated alkanes) is 1. The van der Waals surface area contributed by atoms with E-state index >= 15 is 0 Å². The Balaban J connectivity index is 1.70. The molecule has 6 nitrogen and oxygen atoms in total. The van der Waals surface area contributed by atoms with Crippen LogP contribution in [0.1, 0.15) is 25.3 Å². The summed E-state index contributed by atoms with van der Waals surface area (Å²) in [6.07, 6.45) is 2.38. The standard InChI is InChI=1S/C20H35N5O/c1-4-21-20(23-17-18-9-5-6-10-19(18)26-3)22-11-7-8-12-25-15-13-24(2)14-16-25/h5-6,9-10H,4,7-8,11-17H2,1-3H3,(H2,21,22,23). The molecule has 0 atom stereocenters. The summed E-state index contributed by atoms with van der Waals surface area (Å²) in [7, 11) is 3.90. The summed E-state index contributed by atoms with van der Waals surface area (Å²) in [5, 5.41) is 6.76. The largest absolute Gasteiger partial charge is 0.496 e. The van der Waals surface area contributed by atoms with Crippen molar-refractivity contribution in [1.29, 1.82) is 0 Å². The smallest absolute Gasteiger partial charge is 0.191 e. The van der Waals surface area contributed by atoms with Gasteiger partial charge in [-0.1, -0.05) is 18.2 Å². The average Bonchev–Trinajstić information content (AvgIpc) is 2.67. The van der Waals surface area contributed by atoms with Gasteiger partial charge in [-0.05, 0) is 39.4 Å². The first-order valence-electron chi connectivity index (χ1n) is 9.78. The Hall–Kier alpha value is -1.79. The van der Waals surface area contributed by atoms with Crippen LogP contribution in [0.4, 0.5) is 0 Å². The maximum atomic E-state index is 5.40. The van der Waals surface area contributed by atoms with E-state index < -0.39 is 0 Å². The number of ether oxygens (including phenoxy) is 1. The molecule has 1 aromatic rings. The molecular weight excluding hydrogens is 326 g/mol. The Labute approximate surface area is 158 Å². The van der Waals surface area contributed by atoms with E-state index in [1.165, 1.54) is 39.1 Å². The topological polar surface area (TPSA) is 52.1 Å². The molecule has 2 N–H and O–H groups in total. The van der Waals surface area contributed by atoms with Crippen molar-refractivity contribution in [3.8, 4) is 5.75 Å². The molecule has 1 aliphatic heterocycles. The van der Waals surface area contributed by atoms with Gasteiger partial charge in [-0.3, -0.25) is 0 Å². The van der Waals surface area contributed by atoms with Gasteiger partial charge in [0.05, 0.1) is 13.7 Å². The van der Waals surface area contributed by atoms with Crippen molar-refractivity contribution < 1.29 is 4.74 Å². The number of nitrogens with zero attached hydrogens (tertiary/aromatic N) is 3. The van der Waals surface area contributed by atoms with E-state index in [1.54, 1.807) is 7.11 Å². The highest BCUT2D eigenvalue weighted by molar-refractivity contribution is 5.79. The molecule has 0 saturated carbocycles. The van der Waals surface area contributed by atoms with Gasteiger partial charge >= 0.3 is 0 Å². The molecule has 1 heterocycles. The fourth-order valence-electron chi connectivity index (χ4n) is 3.08. The number of methoxy groups -OCH3 is 1. The van der Waals surface area contributed by atoms with Crippen LogP contribution in [0, 0.1) is 0 Å². The SMILES string of the molecule is CCNC(=NCc1ccccc1OC)NCCCCN1CCN(C)CC1. The minimum atomic E-state index is 0.612. The van der Waals surface area contributed by atoms with Crippen molar-refractivity contribution in [2.24, 2.45) is 4.99 Å². The molecule has 0 aromatic heterocycles. The molecule has 1 fully saturated rings. The van der Waals surface area contributed by atoms with Gasteiger partial charge in [0.1, 0.15) is 5.75 Å². The van der Waals surface area contributed by atoms with Crippen LogP contribution in [-0.4, -0.2) is 75.7 Å². The van der Waals surface area contributed by atoms with Gasteiger partial charge in [-0.25, -0.2) is 4.99 Å². The highest BCUT2D eigenvalue weighted by Gasteiger charge is 2.12. The van der Waals surface area contributed by atoms with Crippen LogP contribution in [0.15, 0.2) is 29.3 Å². The Morgan fingerprint density at radius 3 is 2.62 bits per heavy atom. The Morgan fingerprint density at radius 2 is 1.88 bits per heavy atom. The molecule has 0 aliphatic carbocycles. The van der Waals surface area contributed by atoms with Gasteiger partial charge in [0.25, 0.3) is 0 Å². The molecular formula is C20H35N5O. The number of nitrogens with one attached hydrogen (secondary N) is 2. The number of piperazine rings is 1. The van der Waals surface area contributed by atoms with Crippen molar-refractivity contribution in [2.45, 2.75) is 26.3 Å². The van der Waals surface area contributed by atoms with Crippen LogP contribution in [0.2, 0.25) is 0 Å². The van der Waals surface area contributed by atoms with Gasteiger partial charge in [-0.15, -0.1) is 0 Å². The lowest BCUT2D eigenvalue weighted by atomic mass is 10.2. The lowest BCUT2D eigenvalue weighted by Gasteiger charge is -2.32. The molecule has 0 radical (unpaired) electrons. The molecule has 26 heavy (non-hydrogen) atoms. The minimum Gasteiger partial charge on any atom is -0.496 e. The minimum absolute atomic E-state index is 0.612. The number of benzene rings is 1. The van der Waals surface area contributed by atoms with Crippen LogP contribution < -0.4 is 15.4 Å². The second kappa shape index (κ2) is 11.8. The molecule has 0 bridgehead atoms. The fourth-order valence-corrected chi connectivity index (χ4v) is 3.08. The predicted octanol–water partition coefficient (Wildman–Crippen LogP) is 1.78. The quantitative estimate of drug-likeness (QED) is 0.399. The van der Waals surface area contributed by atoms with E-state index in [2.05, 4.69) is 45.5 Å². The summed E-state index contributed by atoms with van der Waals surface area (Å²) < 4.78 is 5.40. The third kappa shape index (κ3) is 7.22. The number of aliphatic imine (C=N–C) groups is 1. The first kappa shape index (κ1) is 20.5. The summed E-state index contributed by atoms with van der Waals surface area (Å²) in [6, 6.07) is 8.04. The number of likely N-dealkylation sites (N-methyl/N-ethyl adjacent to an activating group) is 1. The van der Waals surface area contributed by atoms with E-state index in [-0.39, 0.29) is 0 Å². The monoisotopic (exact) mass is 361 g/mol. The number of hydrogen-bond donors (Lipinski definition) is 2. The molecule has 2 rings (SSSR count). The first-order valence-corrected chi connectivity index (χ1v) is 9.78. The molecule has 6 heteroatoms. The van der Waals surface area contributed by atoms with E-state index in [0.29, 0.717) is 6.54 Å². The number of guanidine groups is 1. The molecule has 0 amide bonds. The lowest BCUT2D eigenvalue weighted by molar-refractivity contribution is 0.152. The van der Waals surface area contributed by atoms with Crippen LogP contribution in [0.3, 0.4) is 0 Å². The Kier molecular flexibility index (Phi) is 9.28. The molecule has 1 aromatic carbocycles. The number of para-hydroxylation sites is 1. The van der Waals surface area contributed by atoms with Crippen LogP contribution in [0.5, 0.6) is 5.75 Å². The first-order chi connectivity index (χ1) is 12.7. The summed E-state index contributed by atoms with van der Waals surface area (Å²) in [5.41, 5.74) is 1.10. The number of hydrogen-bond acceptors (Lipinski definition) is 4. The third-order valence-electron chi connectivity index (χ3n) is 4.73. The van der Waals surface area contributed by atoms with Crippen molar-refractivity contribution in [3.63, 3.8) is 0 Å². The molecule has 1 aliphatic rings. The molecule has 1 saturated heterocycles. The maximum absolute atomic E-state index is 5.40. The van der Waals surface area contributed by atoms with Crippen molar-refractivity contribution >= 4 is 5.96 Å². The van der Waals surface area contributed by atoms with Crippen molar-refractivity contribution in [1.82, 2.24) is 20.4 Å². The third-order valence-corrected chi connectivity index (χ3v) is 4.73. The van der Waals surface area contributed by atoms with Gasteiger partial charge in [0, 0.05) is 44.8 Å². The zero-order valence-corrected chi connectivity index (χ0v) is 16.6. The van der Waals surface area contributed by atoms with E-state index in [0.717, 1.165) is 36.8 Å². The number of rotatable bonds is 9. The highest BCUT2D eigenvalue weighted by Crippen LogP contribution is 2.17. The summed E-state index contributed by atoms with van der Waals surface area (Å²) in [6.45, 7) is 10.5. The highest BCUT2D eigenvalue weighted by atomic mass is 16.5. The second-order valence-corrected chi connectivity index (χ2v) is 6.79.